The Kier molecular flexibility index (Phi) is 5.58. The highest BCUT2D eigenvalue weighted by atomic mass is 16.2. The van der Waals surface area contributed by atoms with Crippen LogP contribution in [0.4, 0.5) is 4.79 Å². The Morgan fingerprint density at radius 2 is 1.92 bits per heavy atom. The number of carbonyl (C=O) groups excluding carboxylic acids is 2. The molecule has 0 radical (unpaired) electrons. The van der Waals surface area contributed by atoms with Gasteiger partial charge in [-0.05, 0) is 23.8 Å². The summed E-state index contributed by atoms with van der Waals surface area (Å²) in [6, 6.07) is 9.79. The van der Waals surface area contributed by atoms with Gasteiger partial charge in [0.05, 0.1) is 0 Å². The van der Waals surface area contributed by atoms with Crippen LogP contribution in [0.5, 0.6) is 0 Å². The van der Waals surface area contributed by atoms with Gasteiger partial charge in [-0.1, -0.05) is 44.2 Å². The molecule has 4 atom stereocenters. The lowest BCUT2D eigenvalue weighted by Gasteiger charge is -2.29. The van der Waals surface area contributed by atoms with Crippen LogP contribution in [0.25, 0.3) is 0 Å². The van der Waals surface area contributed by atoms with Crippen LogP contribution in [0, 0.1) is 11.8 Å². The highest BCUT2D eigenvalue weighted by Crippen LogP contribution is 2.19. The standard InChI is InChI=1S/C19H28N4O2/c1-13-8-9-20-18(24)17(13)22-19(25)21-16-12-23(10-14(16)2)11-15-6-4-3-5-7-15/h3-7,13-14,16-17H,8-12H2,1-2H3,(H,20,24)(H2,21,22,25). The normalized spacial score (nSPS) is 29.9. The van der Waals surface area contributed by atoms with Gasteiger partial charge in [-0.15, -0.1) is 0 Å². The number of rotatable bonds is 4. The van der Waals surface area contributed by atoms with Crippen molar-refractivity contribution in [1.29, 1.82) is 0 Å². The highest BCUT2D eigenvalue weighted by Gasteiger charge is 2.33. The number of piperidine rings is 1. The lowest BCUT2D eigenvalue weighted by molar-refractivity contribution is -0.125. The van der Waals surface area contributed by atoms with E-state index >= 15 is 0 Å². The number of hydrogen-bond donors (Lipinski definition) is 3. The molecule has 3 rings (SSSR count). The molecule has 2 aliphatic heterocycles. The third-order valence-electron chi connectivity index (χ3n) is 5.29. The molecule has 2 fully saturated rings. The topological polar surface area (TPSA) is 73.5 Å². The molecule has 2 aliphatic rings. The van der Waals surface area contributed by atoms with E-state index in [9.17, 15) is 9.59 Å². The first-order valence-corrected chi connectivity index (χ1v) is 9.14. The van der Waals surface area contributed by atoms with Gasteiger partial charge in [0.15, 0.2) is 0 Å². The van der Waals surface area contributed by atoms with Crippen molar-refractivity contribution in [1.82, 2.24) is 20.9 Å². The second-order valence-electron chi connectivity index (χ2n) is 7.42. The minimum atomic E-state index is -0.439. The maximum atomic E-state index is 12.3. The van der Waals surface area contributed by atoms with Gasteiger partial charge in [0.1, 0.15) is 6.04 Å². The zero-order valence-corrected chi connectivity index (χ0v) is 15.0. The van der Waals surface area contributed by atoms with Gasteiger partial charge >= 0.3 is 6.03 Å². The van der Waals surface area contributed by atoms with E-state index in [-0.39, 0.29) is 23.9 Å². The highest BCUT2D eigenvalue weighted by molar-refractivity contribution is 5.87. The first kappa shape index (κ1) is 17.7. The Balaban J connectivity index is 1.50. The van der Waals surface area contributed by atoms with Gasteiger partial charge < -0.3 is 16.0 Å². The molecule has 25 heavy (non-hydrogen) atoms. The van der Waals surface area contributed by atoms with E-state index in [1.165, 1.54) is 5.56 Å². The molecule has 0 aromatic heterocycles. The van der Waals surface area contributed by atoms with Crippen LogP contribution in [0.2, 0.25) is 0 Å². The molecule has 3 N–H and O–H groups in total. The summed E-state index contributed by atoms with van der Waals surface area (Å²) in [5.74, 6) is 0.459. The number of benzene rings is 1. The van der Waals surface area contributed by atoms with Crippen LogP contribution < -0.4 is 16.0 Å². The number of nitrogens with zero attached hydrogens (tertiary/aromatic N) is 1. The van der Waals surface area contributed by atoms with Crippen LogP contribution in [-0.4, -0.2) is 48.6 Å². The predicted octanol–water partition coefficient (Wildman–Crippen LogP) is 1.33. The maximum Gasteiger partial charge on any atom is 0.315 e. The van der Waals surface area contributed by atoms with E-state index in [1.54, 1.807) is 0 Å². The van der Waals surface area contributed by atoms with E-state index in [1.807, 2.05) is 25.1 Å². The van der Waals surface area contributed by atoms with Crippen molar-refractivity contribution in [3.8, 4) is 0 Å². The third kappa shape index (κ3) is 4.51. The van der Waals surface area contributed by atoms with Gasteiger partial charge in [0.2, 0.25) is 5.91 Å². The predicted molar refractivity (Wildman–Crippen MR) is 96.9 cm³/mol. The van der Waals surface area contributed by atoms with Crippen molar-refractivity contribution in [2.45, 2.75) is 38.9 Å². The fourth-order valence-electron chi connectivity index (χ4n) is 3.74. The number of likely N-dealkylation sites (tertiary alicyclic amines) is 1. The Morgan fingerprint density at radius 1 is 1.16 bits per heavy atom. The Labute approximate surface area is 149 Å². The second kappa shape index (κ2) is 7.87. The third-order valence-corrected chi connectivity index (χ3v) is 5.29. The minimum Gasteiger partial charge on any atom is -0.354 e. The summed E-state index contributed by atoms with van der Waals surface area (Å²) in [6.07, 6.45) is 0.890. The molecule has 0 spiro atoms. The average molecular weight is 344 g/mol. The summed E-state index contributed by atoms with van der Waals surface area (Å²) >= 11 is 0. The monoisotopic (exact) mass is 344 g/mol. The Morgan fingerprint density at radius 3 is 2.64 bits per heavy atom. The molecule has 0 saturated carbocycles. The van der Waals surface area contributed by atoms with Crippen molar-refractivity contribution in [3.05, 3.63) is 35.9 Å². The molecule has 1 aromatic rings. The number of hydrogen-bond acceptors (Lipinski definition) is 3. The summed E-state index contributed by atoms with van der Waals surface area (Å²) in [4.78, 5) is 26.6. The van der Waals surface area contributed by atoms with Crippen LogP contribution in [0.15, 0.2) is 30.3 Å². The maximum absolute atomic E-state index is 12.3. The molecule has 2 saturated heterocycles. The quantitative estimate of drug-likeness (QED) is 0.771. The number of carbonyl (C=O) groups is 2. The van der Waals surface area contributed by atoms with E-state index in [0.29, 0.717) is 12.5 Å². The van der Waals surface area contributed by atoms with E-state index in [0.717, 1.165) is 26.1 Å². The van der Waals surface area contributed by atoms with Crippen molar-refractivity contribution in [2.75, 3.05) is 19.6 Å². The zero-order chi connectivity index (χ0) is 17.8. The fourth-order valence-corrected chi connectivity index (χ4v) is 3.74. The summed E-state index contributed by atoms with van der Waals surface area (Å²) in [5, 5.41) is 8.73. The number of amides is 3. The number of urea groups is 1. The largest absolute Gasteiger partial charge is 0.354 e. The van der Waals surface area contributed by atoms with Crippen molar-refractivity contribution >= 4 is 11.9 Å². The molecule has 4 unspecified atom stereocenters. The molecule has 0 bridgehead atoms. The SMILES string of the molecule is CC1CN(Cc2ccccc2)CC1NC(=O)NC1C(=O)NCCC1C. The van der Waals surface area contributed by atoms with Gasteiger partial charge in [-0.2, -0.15) is 0 Å². The molecule has 6 nitrogen and oxygen atoms in total. The van der Waals surface area contributed by atoms with Crippen molar-refractivity contribution < 1.29 is 9.59 Å². The summed E-state index contributed by atoms with van der Waals surface area (Å²) in [5.41, 5.74) is 1.28. The molecule has 3 amide bonds. The smallest absolute Gasteiger partial charge is 0.315 e. The van der Waals surface area contributed by atoms with Crippen molar-refractivity contribution in [2.24, 2.45) is 11.8 Å². The lowest BCUT2D eigenvalue weighted by Crippen LogP contribution is -2.57. The van der Waals surface area contributed by atoms with Crippen LogP contribution in [-0.2, 0) is 11.3 Å². The molecule has 136 valence electrons. The fraction of sp³-hybridized carbons (Fsp3) is 0.579. The summed E-state index contributed by atoms with van der Waals surface area (Å²) in [7, 11) is 0. The molecular weight excluding hydrogens is 316 g/mol. The lowest BCUT2D eigenvalue weighted by atomic mass is 9.94. The molecule has 2 heterocycles. The van der Waals surface area contributed by atoms with E-state index in [2.05, 4.69) is 39.9 Å². The second-order valence-corrected chi connectivity index (χ2v) is 7.42. The first-order valence-electron chi connectivity index (χ1n) is 9.14. The van der Waals surface area contributed by atoms with Gasteiger partial charge in [0, 0.05) is 32.2 Å². The molecule has 1 aromatic carbocycles. The van der Waals surface area contributed by atoms with Gasteiger partial charge in [-0.25, -0.2) is 4.79 Å². The van der Waals surface area contributed by atoms with E-state index < -0.39 is 6.04 Å². The molecular formula is C19H28N4O2. The van der Waals surface area contributed by atoms with Crippen LogP contribution in [0.3, 0.4) is 0 Å². The van der Waals surface area contributed by atoms with E-state index in [4.69, 9.17) is 0 Å². The van der Waals surface area contributed by atoms with Gasteiger partial charge in [0.25, 0.3) is 0 Å². The van der Waals surface area contributed by atoms with Gasteiger partial charge in [-0.3, -0.25) is 9.69 Å². The molecule has 0 aliphatic carbocycles. The summed E-state index contributed by atoms with van der Waals surface area (Å²) < 4.78 is 0. The number of nitrogens with one attached hydrogen (secondary N) is 3. The average Bonchev–Trinajstić information content (AvgIpc) is 2.91. The Hall–Kier alpha value is -2.08. The first-order chi connectivity index (χ1) is 12.0. The van der Waals surface area contributed by atoms with Crippen molar-refractivity contribution in [3.63, 3.8) is 0 Å². The molecule has 6 heteroatoms. The summed E-state index contributed by atoms with van der Waals surface area (Å²) in [6.45, 7) is 7.53. The zero-order valence-electron chi connectivity index (χ0n) is 15.0. The van der Waals surface area contributed by atoms with Crippen LogP contribution >= 0.6 is 0 Å². The van der Waals surface area contributed by atoms with Crippen LogP contribution in [0.1, 0.15) is 25.8 Å². The Bertz CT molecular complexity index is 607. The minimum absolute atomic E-state index is 0.0842.